The Balaban J connectivity index is 2.06. The summed E-state index contributed by atoms with van der Waals surface area (Å²) < 4.78 is 0. The van der Waals surface area contributed by atoms with Crippen molar-refractivity contribution in [2.75, 3.05) is 6.54 Å². The lowest BCUT2D eigenvalue weighted by molar-refractivity contribution is 0.474. The molecule has 0 saturated carbocycles. The zero-order valence-electron chi connectivity index (χ0n) is 9.07. The van der Waals surface area contributed by atoms with Gasteiger partial charge in [0.05, 0.1) is 18.1 Å². The first-order chi connectivity index (χ1) is 8.25. The van der Waals surface area contributed by atoms with E-state index in [9.17, 15) is 5.11 Å². The number of rotatable bonds is 1. The molecule has 0 spiro atoms. The number of aromatic nitrogens is 2. The van der Waals surface area contributed by atoms with E-state index >= 15 is 0 Å². The Hall–Kier alpha value is -1.52. The fraction of sp³-hybridized carbons (Fsp3) is 0.250. The Morgan fingerprint density at radius 1 is 1.41 bits per heavy atom. The molecule has 1 aromatic carbocycles. The number of nitrogens with zero attached hydrogens (tertiary/aromatic N) is 1. The van der Waals surface area contributed by atoms with Crippen LogP contribution in [0.25, 0.3) is 0 Å². The molecule has 0 unspecified atom stereocenters. The summed E-state index contributed by atoms with van der Waals surface area (Å²) in [5.74, 6) is 0.178. The first kappa shape index (κ1) is 10.6. The number of fused-ring (bicyclic) bond motifs is 1. The average Bonchev–Trinajstić information content (AvgIpc) is 2.77. The third-order valence-corrected chi connectivity index (χ3v) is 3.37. The molecule has 17 heavy (non-hydrogen) atoms. The molecule has 1 aromatic heterocycles. The number of phenolic OH excluding ortho intramolecular Hbond substituents is 1. The number of hydrogen-bond acceptors (Lipinski definition) is 3. The van der Waals surface area contributed by atoms with Gasteiger partial charge in [-0.2, -0.15) is 0 Å². The van der Waals surface area contributed by atoms with Crippen molar-refractivity contribution >= 4 is 11.6 Å². The van der Waals surface area contributed by atoms with E-state index in [1.54, 1.807) is 18.5 Å². The van der Waals surface area contributed by atoms with E-state index < -0.39 is 0 Å². The molecule has 4 nitrogen and oxygen atoms in total. The molecule has 0 radical (unpaired) electrons. The van der Waals surface area contributed by atoms with Crippen molar-refractivity contribution in [3.8, 4) is 5.75 Å². The van der Waals surface area contributed by atoms with Gasteiger partial charge in [-0.1, -0.05) is 17.7 Å². The molecular formula is C12H12ClN3O. The zero-order chi connectivity index (χ0) is 11.8. The van der Waals surface area contributed by atoms with Gasteiger partial charge in [-0.15, -0.1) is 0 Å². The van der Waals surface area contributed by atoms with Crippen molar-refractivity contribution in [2.24, 2.45) is 0 Å². The molecule has 0 saturated heterocycles. The third kappa shape index (κ3) is 1.79. The van der Waals surface area contributed by atoms with Gasteiger partial charge in [-0.3, -0.25) is 0 Å². The lowest BCUT2D eigenvalue weighted by Gasteiger charge is -2.24. The first-order valence-corrected chi connectivity index (χ1v) is 5.87. The van der Waals surface area contributed by atoms with Crippen LogP contribution in [-0.2, 0) is 6.42 Å². The number of aromatic hydroxyl groups is 1. The van der Waals surface area contributed by atoms with Crippen LogP contribution in [-0.4, -0.2) is 21.6 Å². The van der Waals surface area contributed by atoms with E-state index in [1.165, 1.54) is 0 Å². The summed E-state index contributed by atoms with van der Waals surface area (Å²) in [6.45, 7) is 0.886. The summed E-state index contributed by atoms with van der Waals surface area (Å²) in [7, 11) is 0. The van der Waals surface area contributed by atoms with Gasteiger partial charge >= 0.3 is 0 Å². The summed E-state index contributed by atoms with van der Waals surface area (Å²) in [6.07, 6.45) is 2.65. The lowest BCUT2D eigenvalue weighted by Crippen LogP contribution is -2.30. The predicted molar refractivity (Wildman–Crippen MR) is 65.3 cm³/mol. The van der Waals surface area contributed by atoms with Crippen molar-refractivity contribution in [3.05, 3.63) is 46.5 Å². The Bertz CT molecular complexity index is 552. The van der Waals surface area contributed by atoms with Gasteiger partial charge in [0.15, 0.2) is 0 Å². The third-order valence-electron chi connectivity index (χ3n) is 3.04. The van der Waals surface area contributed by atoms with Crippen molar-refractivity contribution in [3.63, 3.8) is 0 Å². The maximum absolute atomic E-state index is 9.36. The number of imidazole rings is 1. The van der Waals surface area contributed by atoms with Crippen LogP contribution in [0.1, 0.15) is 23.0 Å². The van der Waals surface area contributed by atoms with Crippen molar-refractivity contribution in [2.45, 2.75) is 12.5 Å². The number of phenols is 1. The molecule has 0 bridgehead atoms. The molecule has 3 N–H and O–H groups in total. The molecular weight excluding hydrogens is 238 g/mol. The summed E-state index contributed by atoms with van der Waals surface area (Å²) in [6, 6.07) is 5.03. The van der Waals surface area contributed by atoms with Gasteiger partial charge in [-0.05, 0) is 17.7 Å². The highest BCUT2D eigenvalue weighted by Crippen LogP contribution is 2.32. The van der Waals surface area contributed by atoms with Crippen LogP contribution in [0.2, 0.25) is 5.02 Å². The number of aromatic amines is 1. The summed E-state index contributed by atoms with van der Waals surface area (Å²) in [4.78, 5) is 7.48. The van der Waals surface area contributed by atoms with Crippen LogP contribution in [0.5, 0.6) is 5.75 Å². The Labute approximate surface area is 104 Å². The number of benzene rings is 1. The minimum atomic E-state index is -0.00176. The minimum absolute atomic E-state index is 0.00176. The summed E-state index contributed by atoms with van der Waals surface area (Å²) in [5, 5.41) is 13.3. The van der Waals surface area contributed by atoms with Gasteiger partial charge in [0, 0.05) is 23.7 Å². The summed E-state index contributed by atoms with van der Waals surface area (Å²) in [5.41, 5.74) is 3.08. The Morgan fingerprint density at radius 3 is 3.12 bits per heavy atom. The van der Waals surface area contributed by atoms with Crippen LogP contribution in [0, 0.1) is 0 Å². The van der Waals surface area contributed by atoms with E-state index in [-0.39, 0.29) is 11.8 Å². The number of nitrogens with one attached hydrogen (secondary N) is 2. The van der Waals surface area contributed by atoms with Gasteiger partial charge in [-0.25, -0.2) is 4.98 Å². The highest BCUT2D eigenvalue weighted by Gasteiger charge is 2.25. The predicted octanol–water partition coefficient (Wildman–Crippen LogP) is 2.00. The molecule has 0 fully saturated rings. The molecule has 2 aromatic rings. The van der Waals surface area contributed by atoms with E-state index in [0.29, 0.717) is 5.02 Å². The molecule has 0 aliphatic carbocycles. The van der Waals surface area contributed by atoms with Crippen LogP contribution in [0.15, 0.2) is 24.5 Å². The van der Waals surface area contributed by atoms with E-state index in [0.717, 1.165) is 29.9 Å². The second-order valence-electron chi connectivity index (χ2n) is 4.11. The molecule has 1 aliphatic heterocycles. The van der Waals surface area contributed by atoms with Crippen LogP contribution >= 0.6 is 11.6 Å². The Kier molecular flexibility index (Phi) is 2.53. The van der Waals surface area contributed by atoms with Gasteiger partial charge in [0.1, 0.15) is 5.75 Å². The highest BCUT2D eigenvalue weighted by atomic mass is 35.5. The topological polar surface area (TPSA) is 60.9 Å². The minimum Gasteiger partial charge on any atom is -0.508 e. The molecule has 3 rings (SSSR count). The first-order valence-electron chi connectivity index (χ1n) is 5.49. The van der Waals surface area contributed by atoms with Crippen LogP contribution in [0.3, 0.4) is 0 Å². The normalized spacial score (nSPS) is 19.0. The number of hydrogen-bond donors (Lipinski definition) is 3. The quantitative estimate of drug-likeness (QED) is 0.725. The Morgan fingerprint density at radius 2 is 2.29 bits per heavy atom. The average molecular weight is 250 g/mol. The van der Waals surface area contributed by atoms with Crippen molar-refractivity contribution in [1.82, 2.24) is 15.3 Å². The van der Waals surface area contributed by atoms with Crippen molar-refractivity contribution in [1.29, 1.82) is 0 Å². The smallest absolute Gasteiger partial charge is 0.117 e. The van der Waals surface area contributed by atoms with Gasteiger partial charge in [0.2, 0.25) is 0 Å². The molecule has 1 atom stereocenters. The molecule has 0 amide bonds. The lowest BCUT2D eigenvalue weighted by atomic mass is 9.98. The van der Waals surface area contributed by atoms with Gasteiger partial charge < -0.3 is 15.4 Å². The molecule has 5 heteroatoms. The largest absolute Gasteiger partial charge is 0.508 e. The maximum atomic E-state index is 9.36. The molecule has 2 heterocycles. The fourth-order valence-corrected chi connectivity index (χ4v) is 2.51. The zero-order valence-corrected chi connectivity index (χ0v) is 9.83. The van der Waals surface area contributed by atoms with E-state index in [2.05, 4.69) is 15.3 Å². The SMILES string of the molecule is Oc1ccc([C@@H]2NCCc3[nH]cnc32)c(Cl)c1. The second-order valence-corrected chi connectivity index (χ2v) is 4.52. The highest BCUT2D eigenvalue weighted by molar-refractivity contribution is 6.31. The standard InChI is InChI=1S/C12H12ClN3O/c13-9-5-7(17)1-2-8(9)11-12-10(3-4-14-11)15-6-16-12/h1-2,5-6,11,14,17H,3-4H2,(H,15,16)/t11-/m0/s1. The second kappa shape index (κ2) is 4.05. The van der Waals surface area contributed by atoms with E-state index in [1.807, 2.05) is 6.07 Å². The molecule has 1 aliphatic rings. The number of H-pyrrole nitrogens is 1. The van der Waals surface area contributed by atoms with Gasteiger partial charge in [0.25, 0.3) is 0 Å². The van der Waals surface area contributed by atoms with Crippen LogP contribution in [0.4, 0.5) is 0 Å². The summed E-state index contributed by atoms with van der Waals surface area (Å²) >= 11 is 6.16. The monoisotopic (exact) mass is 249 g/mol. The number of halogens is 1. The van der Waals surface area contributed by atoms with Crippen LogP contribution < -0.4 is 5.32 Å². The maximum Gasteiger partial charge on any atom is 0.117 e. The van der Waals surface area contributed by atoms with E-state index in [4.69, 9.17) is 11.6 Å². The van der Waals surface area contributed by atoms with Crippen molar-refractivity contribution < 1.29 is 5.11 Å². The fourth-order valence-electron chi connectivity index (χ4n) is 2.23. The molecule has 88 valence electrons.